The van der Waals surface area contributed by atoms with Crippen molar-refractivity contribution in [1.82, 2.24) is 0 Å². The number of aliphatic hydroxyl groups is 2. The van der Waals surface area contributed by atoms with Crippen LogP contribution in [0.1, 0.15) is 19.3 Å². The van der Waals surface area contributed by atoms with E-state index in [0.717, 1.165) is 12.8 Å². The Bertz CT molecular complexity index is 147. The summed E-state index contributed by atoms with van der Waals surface area (Å²) < 4.78 is 0. The van der Waals surface area contributed by atoms with E-state index in [1.165, 1.54) is 0 Å². The molecule has 0 spiro atoms. The molecule has 2 atom stereocenters. The van der Waals surface area contributed by atoms with E-state index in [1.807, 2.05) is 0 Å². The number of nitrogens with one attached hydrogen (secondary N) is 1. The largest absolute Gasteiger partial charge is 0.396 e. The van der Waals surface area contributed by atoms with Gasteiger partial charge >= 0.3 is 0 Å². The Hall–Kier alpha value is -0.410. The van der Waals surface area contributed by atoms with Crippen molar-refractivity contribution in [3.05, 3.63) is 0 Å². The quantitative estimate of drug-likeness (QED) is 0.543. The third kappa shape index (κ3) is 2.01. The molecule has 64 valence electrons. The van der Waals surface area contributed by atoms with Crippen molar-refractivity contribution in [2.24, 2.45) is 11.8 Å². The van der Waals surface area contributed by atoms with Gasteiger partial charge in [0.25, 0.3) is 0 Å². The second-order valence-corrected chi connectivity index (χ2v) is 3.23. The second-order valence-electron chi connectivity index (χ2n) is 3.23. The van der Waals surface area contributed by atoms with Gasteiger partial charge in [-0.25, -0.2) is 0 Å². The summed E-state index contributed by atoms with van der Waals surface area (Å²) >= 11 is 0. The zero-order valence-corrected chi connectivity index (χ0v) is 6.58. The van der Waals surface area contributed by atoms with Gasteiger partial charge in [0, 0.05) is 18.2 Å². The fourth-order valence-electron chi connectivity index (χ4n) is 1.55. The Kier molecular flexibility index (Phi) is 3.02. The van der Waals surface area contributed by atoms with Crippen molar-refractivity contribution in [3.8, 4) is 0 Å². The molecule has 3 N–H and O–H groups in total. The lowest BCUT2D eigenvalue weighted by Gasteiger charge is -2.26. The summed E-state index contributed by atoms with van der Waals surface area (Å²) in [7, 11) is 0. The van der Waals surface area contributed by atoms with Gasteiger partial charge in [-0.15, -0.1) is 0 Å². The molecule has 0 aliphatic heterocycles. The minimum atomic E-state index is 0.0674. The summed E-state index contributed by atoms with van der Waals surface area (Å²) in [6, 6.07) is 0. The summed E-state index contributed by atoms with van der Waals surface area (Å²) in [4.78, 5) is 0. The predicted molar refractivity (Wildman–Crippen MR) is 42.7 cm³/mol. The van der Waals surface area contributed by atoms with Crippen molar-refractivity contribution in [3.63, 3.8) is 0 Å². The lowest BCUT2D eigenvalue weighted by atomic mass is 9.81. The van der Waals surface area contributed by atoms with Crippen LogP contribution in [0, 0.1) is 17.2 Å². The molecule has 1 saturated carbocycles. The van der Waals surface area contributed by atoms with Crippen molar-refractivity contribution in [2.75, 3.05) is 13.2 Å². The lowest BCUT2D eigenvalue weighted by molar-refractivity contribution is 0.187. The highest BCUT2D eigenvalue weighted by atomic mass is 16.3. The minimum absolute atomic E-state index is 0.0674. The molecule has 0 amide bonds. The predicted octanol–water partition coefficient (Wildman–Crippen LogP) is 0.407. The minimum Gasteiger partial charge on any atom is -0.396 e. The molecule has 0 heterocycles. The molecule has 1 fully saturated rings. The molecule has 0 bridgehead atoms. The standard InChI is InChI=1S/C8H15NO2/c9-8-3-6(4-10)1-2-7(8)5-11/h6-7,9-11H,1-5H2. The first kappa shape index (κ1) is 8.68. The molecule has 11 heavy (non-hydrogen) atoms. The first-order valence-corrected chi connectivity index (χ1v) is 4.07. The second kappa shape index (κ2) is 3.83. The maximum atomic E-state index is 8.82. The third-order valence-electron chi connectivity index (χ3n) is 2.40. The van der Waals surface area contributed by atoms with Crippen LogP contribution in [0.5, 0.6) is 0 Å². The normalized spacial score (nSPS) is 32.4. The van der Waals surface area contributed by atoms with Crippen molar-refractivity contribution in [2.45, 2.75) is 19.3 Å². The van der Waals surface area contributed by atoms with Gasteiger partial charge in [0.1, 0.15) is 0 Å². The number of rotatable bonds is 2. The molecule has 3 nitrogen and oxygen atoms in total. The van der Waals surface area contributed by atoms with Crippen LogP contribution in [0.25, 0.3) is 0 Å². The van der Waals surface area contributed by atoms with E-state index in [-0.39, 0.29) is 25.0 Å². The van der Waals surface area contributed by atoms with Crippen LogP contribution in [0.4, 0.5) is 0 Å². The molecule has 0 aromatic rings. The van der Waals surface area contributed by atoms with E-state index in [1.54, 1.807) is 0 Å². The van der Waals surface area contributed by atoms with Gasteiger partial charge in [0.2, 0.25) is 0 Å². The van der Waals surface area contributed by atoms with E-state index in [2.05, 4.69) is 0 Å². The van der Waals surface area contributed by atoms with Gasteiger partial charge in [0.05, 0.1) is 6.61 Å². The van der Waals surface area contributed by atoms with Crippen molar-refractivity contribution in [1.29, 1.82) is 5.41 Å². The SMILES string of the molecule is N=C1CC(CO)CCC1CO. The van der Waals surface area contributed by atoms with E-state index in [9.17, 15) is 0 Å². The lowest BCUT2D eigenvalue weighted by Crippen LogP contribution is -2.28. The Morgan fingerprint density at radius 2 is 2.00 bits per heavy atom. The van der Waals surface area contributed by atoms with Gasteiger partial charge in [0.15, 0.2) is 0 Å². The summed E-state index contributed by atoms with van der Waals surface area (Å²) in [6.07, 6.45) is 2.48. The number of aliphatic hydroxyl groups excluding tert-OH is 2. The van der Waals surface area contributed by atoms with Crippen molar-refractivity contribution >= 4 is 5.71 Å². The molecule has 0 radical (unpaired) electrons. The van der Waals surface area contributed by atoms with E-state index >= 15 is 0 Å². The van der Waals surface area contributed by atoms with E-state index < -0.39 is 0 Å². The Labute approximate surface area is 66.6 Å². The fraction of sp³-hybridized carbons (Fsp3) is 0.875. The molecular weight excluding hydrogens is 142 g/mol. The maximum Gasteiger partial charge on any atom is 0.0511 e. The first-order valence-electron chi connectivity index (χ1n) is 4.07. The van der Waals surface area contributed by atoms with Gasteiger partial charge in [-0.2, -0.15) is 0 Å². The summed E-state index contributed by atoms with van der Waals surface area (Å²) in [5.41, 5.74) is 0.609. The van der Waals surface area contributed by atoms with E-state index in [4.69, 9.17) is 15.6 Å². The summed E-state index contributed by atoms with van der Waals surface area (Å²) in [5.74, 6) is 0.336. The van der Waals surface area contributed by atoms with Crippen LogP contribution < -0.4 is 0 Å². The highest BCUT2D eigenvalue weighted by Gasteiger charge is 2.24. The van der Waals surface area contributed by atoms with Crippen LogP contribution in [-0.2, 0) is 0 Å². The number of hydrogen-bond donors (Lipinski definition) is 3. The van der Waals surface area contributed by atoms with Gasteiger partial charge in [-0.05, 0) is 25.2 Å². The first-order chi connectivity index (χ1) is 5.27. The Balaban J connectivity index is 2.41. The zero-order chi connectivity index (χ0) is 8.27. The maximum absolute atomic E-state index is 8.82. The molecule has 2 unspecified atom stereocenters. The highest BCUT2D eigenvalue weighted by Crippen LogP contribution is 2.25. The highest BCUT2D eigenvalue weighted by molar-refractivity contribution is 5.84. The zero-order valence-electron chi connectivity index (χ0n) is 6.58. The fourth-order valence-corrected chi connectivity index (χ4v) is 1.55. The van der Waals surface area contributed by atoms with Crippen LogP contribution in [-0.4, -0.2) is 29.1 Å². The Morgan fingerprint density at radius 1 is 1.27 bits per heavy atom. The van der Waals surface area contributed by atoms with Gasteiger partial charge in [-0.1, -0.05) is 0 Å². The topological polar surface area (TPSA) is 64.3 Å². The smallest absolute Gasteiger partial charge is 0.0511 e. The molecule has 0 saturated heterocycles. The van der Waals surface area contributed by atoms with Gasteiger partial charge < -0.3 is 15.6 Å². The van der Waals surface area contributed by atoms with Crippen LogP contribution >= 0.6 is 0 Å². The summed E-state index contributed by atoms with van der Waals surface area (Å²) in [5, 5.41) is 25.1. The number of hydrogen-bond acceptors (Lipinski definition) is 3. The molecule has 1 rings (SSSR count). The molecule has 3 heteroatoms. The molecule has 0 aromatic heterocycles. The monoisotopic (exact) mass is 157 g/mol. The summed E-state index contributed by atoms with van der Waals surface area (Å²) in [6.45, 7) is 0.275. The molecule has 0 aromatic carbocycles. The van der Waals surface area contributed by atoms with Crippen LogP contribution in [0.3, 0.4) is 0 Å². The average Bonchev–Trinajstić information content (AvgIpc) is 2.04. The molecule has 1 aliphatic rings. The van der Waals surface area contributed by atoms with Crippen LogP contribution in [0.2, 0.25) is 0 Å². The molecular formula is C8H15NO2. The average molecular weight is 157 g/mol. The Morgan fingerprint density at radius 3 is 2.45 bits per heavy atom. The third-order valence-corrected chi connectivity index (χ3v) is 2.40. The molecule has 1 aliphatic carbocycles. The van der Waals surface area contributed by atoms with Crippen LogP contribution in [0.15, 0.2) is 0 Å². The van der Waals surface area contributed by atoms with Gasteiger partial charge in [-0.3, -0.25) is 0 Å². The van der Waals surface area contributed by atoms with Crippen molar-refractivity contribution < 1.29 is 10.2 Å². The van der Waals surface area contributed by atoms with E-state index in [0.29, 0.717) is 12.1 Å².